The third-order valence-corrected chi connectivity index (χ3v) is 6.94. The van der Waals surface area contributed by atoms with Crippen LogP contribution in [-0.2, 0) is 24.1 Å². The first-order valence-corrected chi connectivity index (χ1v) is 11.6. The van der Waals surface area contributed by atoms with Gasteiger partial charge < -0.3 is 5.32 Å². The summed E-state index contributed by atoms with van der Waals surface area (Å²) < 4.78 is 0. The first kappa shape index (κ1) is 21.4. The van der Waals surface area contributed by atoms with Gasteiger partial charge in [0.25, 0.3) is 5.91 Å². The molecule has 1 atom stereocenters. The molecule has 0 bridgehead atoms. The Balaban J connectivity index is 1.40. The zero-order chi connectivity index (χ0) is 22.8. The zero-order valence-electron chi connectivity index (χ0n) is 18.9. The SMILES string of the molecule is CN(CN1C(=O)NC(Cc2ccccc2)(Cc2ccccc2)C1=O)C1CCc2ccccc21. The summed E-state index contributed by atoms with van der Waals surface area (Å²) >= 11 is 0. The molecule has 1 unspecified atom stereocenters. The van der Waals surface area contributed by atoms with E-state index >= 15 is 0 Å². The van der Waals surface area contributed by atoms with E-state index < -0.39 is 5.54 Å². The van der Waals surface area contributed by atoms with Gasteiger partial charge in [0, 0.05) is 18.9 Å². The van der Waals surface area contributed by atoms with Gasteiger partial charge in [-0.2, -0.15) is 0 Å². The molecule has 0 spiro atoms. The summed E-state index contributed by atoms with van der Waals surface area (Å²) in [5.41, 5.74) is 3.72. The summed E-state index contributed by atoms with van der Waals surface area (Å²) in [7, 11) is 2.00. The van der Waals surface area contributed by atoms with Crippen LogP contribution in [0, 0.1) is 0 Å². The van der Waals surface area contributed by atoms with Crippen LogP contribution in [0.15, 0.2) is 84.9 Å². The van der Waals surface area contributed by atoms with Gasteiger partial charge in [0.15, 0.2) is 0 Å². The fourth-order valence-corrected chi connectivity index (χ4v) is 5.31. The molecule has 3 aromatic rings. The van der Waals surface area contributed by atoms with E-state index in [2.05, 4.69) is 34.5 Å². The highest BCUT2D eigenvalue weighted by atomic mass is 16.2. The van der Waals surface area contributed by atoms with Crippen LogP contribution in [0.2, 0.25) is 0 Å². The van der Waals surface area contributed by atoms with Crippen molar-refractivity contribution < 1.29 is 9.59 Å². The van der Waals surface area contributed by atoms with Gasteiger partial charge in [0.1, 0.15) is 5.54 Å². The average molecular weight is 440 g/mol. The van der Waals surface area contributed by atoms with E-state index in [1.807, 2.05) is 67.7 Å². The van der Waals surface area contributed by atoms with Gasteiger partial charge in [-0.15, -0.1) is 0 Å². The summed E-state index contributed by atoms with van der Waals surface area (Å²) in [5, 5.41) is 3.09. The molecule has 1 aliphatic carbocycles. The molecule has 2 aliphatic rings. The maximum atomic E-state index is 13.9. The maximum Gasteiger partial charge on any atom is 0.326 e. The van der Waals surface area contributed by atoms with Gasteiger partial charge in [-0.25, -0.2) is 9.69 Å². The standard InChI is InChI=1S/C28H29N3O2/c1-30(25-17-16-23-14-8-9-15-24(23)25)20-31-26(32)28(29-27(31)33,18-21-10-4-2-5-11-21)19-22-12-6-3-7-13-22/h2-15,25H,16-20H2,1H3,(H,29,33). The van der Waals surface area contributed by atoms with Crippen LogP contribution in [0.1, 0.15) is 34.7 Å². The first-order chi connectivity index (χ1) is 16.1. The fraction of sp³-hybridized carbons (Fsp3) is 0.286. The van der Waals surface area contributed by atoms with Gasteiger partial charge in [-0.3, -0.25) is 9.69 Å². The fourth-order valence-electron chi connectivity index (χ4n) is 5.31. The Morgan fingerprint density at radius 3 is 2.09 bits per heavy atom. The number of benzene rings is 3. The second-order valence-corrected chi connectivity index (χ2v) is 9.22. The minimum Gasteiger partial charge on any atom is -0.322 e. The van der Waals surface area contributed by atoms with Crippen LogP contribution in [0.3, 0.4) is 0 Å². The van der Waals surface area contributed by atoms with E-state index in [0.29, 0.717) is 12.8 Å². The van der Waals surface area contributed by atoms with Crippen LogP contribution in [-0.4, -0.2) is 41.0 Å². The molecule has 5 nitrogen and oxygen atoms in total. The lowest BCUT2D eigenvalue weighted by atomic mass is 9.84. The number of hydrogen-bond acceptors (Lipinski definition) is 3. The largest absolute Gasteiger partial charge is 0.326 e. The van der Waals surface area contributed by atoms with Crippen LogP contribution >= 0.6 is 0 Å². The van der Waals surface area contributed by atoms with Crippen LogP contribution in [0.4, 0.5) is 4.79 Å². The number of hydrogen-bond donors (Lipinski definition) is 1. The van der Waals surface area contributed by atoms with Crippen LogP contribution in [0.25, 0.3) is 0 Å². The number of nitrogens with one attached hydrogen (secondary N) is 1. The molecule has 1 fully saturated rings. The Bertz CT molecular complexity index is 1100. The molecule has 5 heteroatoms. The third kappa shape index (κ3) is 4.16. The smallest absolute Gasteiger partial charge is 0.322 e. The molecule has 0 aromatic heterocycles. The number of urea groups is 1. The molecule has 1 saturated heterocycles. The van der Waals surface area contributed by atoms with Gasteiger partial charge in [0.05, 0.1) is 6.67 Å². The van der Waals surface area contributed by atoms with Crippen molar-refractivity contribution in [1.82, 2.24) is 15.1 Å². The van der Waals surface area contributed by atoms with Crippen molar-refractivity contribution in [3.05, 3.63) is 107 Å². The van der Waals surface area contributed by atoms with Crippen molar-refractivity contribution in [2.45, 2.75) is 37.3 Å². The molecular weight excluding hydrogens is 410 g/mol. The summed E-state index contributed by atoms with van der Waals surface area (Å²) in [6.07, 6.45) is 2.94. The van der Waals surface area contributed by atoms with E-state index in [1.54, 1.807) is 0 Å². The molecule has 3 amide bonds. The zero-order valence-corrected chi connectivity index (χ0v) is 18.9. The van der Waals surface area contributed by atoms with Crippen molar-refractivity contribution >= 4 is 11.9 Å². The highest BCUT2D eigenvalue weighted by Gasteiger charge is 2.51. The first-order valence-electron chi connectivity index (χ1n) is 11.6. The summed E-state index contributed by atoms with van der Waals surface area (Å²) in [4.78, 5) is 30.5. The number of amides is 3. The Kier molecular flexibility index (Phi) is 5.73. The monoisotopic (exact) mass is 439 g/mol. The predicted molar refractivity (Wildman–Crippen MR) is 129 cm³/mol. The lowest BCUT2D eigenvalue weighted by Gasteiger charge is -2.30. The summed E-state index contributed by atoms with van der Waals surface area (Å²) in [6.45, 7) is 0.273. The van der Waals surface area contributed by atoms with Gasteiger partial charge in [-0.05, 0) is 42.1 Å². The average Bonchev–Trinajstić information content (AvgIpc) is 3.36. The number of aryl methyl sites for hydroxylation is 1. The van der Waals surface area contributed by atoms with Crippen LogP contribution in [0.5, 0.6) is 0 Å². The minimum absolute atomic E-state index is 0.154. The van der Waals surface area contributed by atoms with E-state index in [9.17, 15) is 9.59 Å². The van der Waals surface area contributed by atoms with E-state index in [0.717, 1.165) is 24.0 Å². The van der Waals surface area contributed by atoms with Gasteiger partial charge >= 0.3 is 6.03 Å². The number of carbonyl (C=O) groups is 2. The molecule has 5 rings (SSSR count). The molecule has 168 valence electrons. The topological polar surface area (TPSA) is 52.6 Å². The number of rotatable bonds is 7. The third-order valence-electron chi connectivity index (χ3n) is 6.94. The highest BCUT2D eigenvalue weighted by Crippen LogP contribution is 2.35. The van der Waals surface area contributed by atoms with E-state index in [1.165, 1.54) is 16.0 Å². The minimum atomic E-state index is -0.992. The van der Waals surface area contributed by atoms with Crippen molar-refractivity contribution in [3.8, 4) is 0 Å². The number of imide groups is 1. The van der Waals surface area contributed by atoms with E-state index in [4.69, 9.17) is 0 Å². The van der Waals surface area contributed by atoms with Gasteiger partial charge in [0.2, 0.25) is 0 Å². The molecule has 1 aliphatic heterocycles. The van der Waals surface area contributed by atoms with Gasteiger partial charge in [-0.1, -0.05) is 84.9 Å². The summed E-state index contributed by atoms with van der Waals surface area (Å²) in [6, 6.07) is 28.2. The number of nitrogens with zero attached hydrogens (tertiary/aromatic N) is 2. The molecule has 1 N–H and O–H groups in total. The lowest BCUT2D eigenvalue weighted by Crippen LogP contribution is -2.51. The van der Waals surface area contributed by atoms with E-state index in [-0.39, 0.29) is 24.6 Å². The Morgan fingerprint density at radius 2 is 1.45 bits per heavy atom. The Hall–Kier alpha value is -3.44. The van der Waals surface area contributed by atoms with Crippen molar-refractivity contribution in [2.24, 2.45) is 0 Å². The maximum absolute atomic E-state index is 13.9. The normalized spacial score (nSPS) is 19.1. The van der Waals surface area contributed by atoms with Crippen molar-refractivity contribution in [3.63, 3.8) is 0 Å². The Morgan fingerprint density at radius 1 is 0.879 bits per heavy atom. The second kappa shape index (κ2) is 8.83. The molecule has 33 heavy (non-hydrogen) atoms. The Labute approximate surface area is 195 Å². The van der Waals surface area contributed by atoms with Crippen LogP contribution < -0.4 is 5.32 Å². The quantitative estimate of drug-likeness (QED) is 0.557. The number of carbonyl (C=O) groups excluding carboxylic acids is 2. The molecular formula is C28H29N3O2. The molecule has 1 heterocycles. The predicted octanol–water partition coefficient (Wildman–Crippen LogP) is 4.34. The molecule has 0 radical (unpaired) electrons. The number of fused-ring (bicyclic) bond motifs is 1. The highest BCUT2D eigenvalue weighted by molar-refractivity contribution is 6.07. The van der Waals surface area contributed by atoms with Crippen molar-refractivity contribution in [2.75, 3.05) is 13.7 Å². The molecule has 3 aromatic carbocycles. The lowest BCUT2D eigenvalue weighted by molar-refractivity contribution is -0.133. The summed E-state index contributed by atoms with van der Waals surface area (Å²) in [5.74, 6) is -0.154. The molecule has 0 saturated carbocycles. The second-order valence-electron chi connectivity index (χ2n) is 9.22. The van der Waals surface area contributed by atoms with Crippen molar-refractivity contribution in [1.29, 1.82) is 0 Å².